The Labute approximate surface area is 133 Å². The number of nitrogens with one attached hydrogen (secondary N) is 1. The molecule has 0 radical (unpaired) electrons. The quantitative estimate of drug-likeness (QED) is 0.907. The largest absolute Gasteiger partial charge is 0.480 e. The summed E-state index contributed by atoms with van der Waals surface area (Å²) in [4.78, 5) is 24.1. The fourth-order valence-electron chi connectivity index (χ4n) is 2.81. The number of aliphatic carboxylic acids is 1. The Hall–Kier alpha value is -2.34. The Kier molecular flexibility index (Phi) is 3.85. The zero-order chi connectivity index (χ0) is 16.6. The summed E-state index contributed by atoms with van der Waals surface area (Å²) >= 11 is 0. The minimum Gasteiger partial charge on any atom is -0.480 e. The standard InChI is InChI=1S/C17H19NO5/c1-10-7-12-9-14(23-13(12)8-11(10)2)15(19)18-17(16(20)21)3-5-22-6-4-17/h7-9H,3-6H2,1-2H3,(H,18,19)(H,20,21). The van der Waals surface area contributed by atoms with Crippen LogP contribution in [-0.4, -0.2) is 35.7 Å². The number of rotatable bonds is 3. The molecule has 6 heteroatoms. The predicted octanol–water partition coefficient (Wildman–Crippen LogP) is 2.41. The highest BCUT2D eigenvalue weighted by Crippen LogP contribution is 2.25. The van der Waals surface area contributed by atoms with E-state index < -0.39 is 17.4 Å². The third-order valence-electron chi connectivity index (χ3n) is 4.46. The number of fused-ring (bicyclic) bond motifs is 1. The molecule has 1 fully saturated rings. The van der Waals surface area contributed by atoms with E-state index in [1.165, 1.54) is 0 Å². The van der Waals surface area contributed by atoms with Crippen LogP contribution < -0.4 is 5.32 Å². The molecule has 0 unspecified atom stereocenters. The summed E-state index contributed by atoms with van der Waals surface area (Å²) in [6.45, 7) is 4.58. The lowest BCUT2D eigenvalue weighted by atomic mass is 9.90. The van der Waals surface area contributed by atoms with Gasteiger partial charge in [0.2, 0.25) is 0 Å². The molecule has 0 aliphatic carbocycles. The van der Waals surface area contributed by atoms with Crippen LogP contribution in [0.5, 0.6) is 0 Å². The fraction of sp³-hybridized carbons (Fsp3) is 0.412. The van der Waals surface area contributed by atoms with Gasteiger partial charge in [0.15, 0.2) is 5.76 Å². The van der Waals surface area contributed by atoms with Crippen molar-refractivity contribution in [3.05, 3.63) is 35.1 Å². The highest BCUT2D eigenvalue weighted by atomic mass is 16.5. The summed E-state index contributed by atoms with van der Waals surface area (Å²) in [5.74, 6) is -1.44. The average Bonchev–Trinajstić information content (AvgIpc) is 2.91. The molecule has 1 aliphatic rings. The summed E-state index contributed by atoms with van der Waals surface area (Å²) in [5, 5.41) is 13.0. The summed E-state index contributed by atoms with van der Waals surface area (Å²) in [7, 11) is 0. The molecule has 3 rings (SSSR count). The van der Waals surface area contributed by atoms with Gasteiger partial charge < -0.3 is 19.6 Å². The van der Waals surface area contributed by atoms with Crippen molar-refractivity contribution in [1.82, 2.24) is 5.32 Å². The third-order valence-corrected chi connectivity index (χ3v) is 4.46. The monoisotopic (exact) mass is 317 g/mol. The van der Waals surface area contributed by atoms with Gasteiger partial charge in [-0.2, -0.15) is 0 Å². The minimum absolute atomic E-state index is 0.122. The molecule has 0 saturated carbocycles. The third kappa shape index (κ3) is 2.82. The predicted molar refractivity (Wildman–Crippen MR) is 83.6 cm³/mol. The van der Waals surface area contributed by atoms with Gasteiger partial charge in [0.05, 0.1) is 0 Å². The van der Waals surface area contributed by atoms with Crippen LogP contribution in [-0.2, 0) is 9.53 Å². The molecule has 1 amide bonds. The number of hydrogen-bond donors (Lipinski definition) is 2. The van der Waals surface area contributed by atoms with Crippen molar-refractivity contribution >= 4 is 22.8 Å². The number of carboxylic acids is 1. The lowest BCUT2D eigenvalue weighted by molar-refractivity contribution is -0.148. The van der Waals surface area contributed by atoms with Crippen LogP contribution in [0.25, 0.3) is 11.0 Å². The molecule has 0 bridgehead atoms. The highest BCUT2D eigenvalue weighted by molar-refractivity contribution is 5.99. The maximum absolute atomic E-state index is 12.5. The Morgan fingerprint density at radius 1 is 1.13 bits per heavy atom. The summed E-state index contributed by atoms with van der Waals surface area (Å²) in [6.07, 6.45) is 0.485. The molecule has 1 aliphatic heterocycles. The van der Waals surface area contributed by atoms with Crippen LogP contribution in [0.2, 0.25) is 0 Å². The summed E-state index contributed by atoms with van der Waals surface area (Å²) in [5.41, 5.74) is 1.51. The molecule has 0 atom stereocenters. The molecule has 1 saturated heterocycles. The lowest BCUT2D eigenvalue weighted by Crippen LogP contribution is -2.57. The molecule has 1 aromatic carbocycles. The smallest absolute Gasteiger partial charge is 0.329 e. The van der Waals surface area contributed by atoms with Gasteiger partial charge in [-0.05, 0) is 43.2 Å². The van der Waals surface area contributed by atoms with E-state index >= 15 is 0 Å². The zero-order valence-electron chi connectivity index (χ0n) is 13.1. The van der Waals surface area contributed by atoms with Crippen LogP contribution in [0, 0.1) is 13.8 Å². The van der Waals surface area contributed by atoms with Crippen molar-refractivity contribution in [3.63, 3.8) is 0 Å². The number of ether oxygens (including phenoxy) is 1. The molecule has 0 spiro atoms. The van der Waals surface area contributed by atoms with E-state index in [9.17, 15) is 14.7 Å². The topological polar surface area (TPSA) is 88.8 Å². The van der Waals surface area contributed by atoms with Crippen molar-refractivity contribution < 1.29 is 23.8 Å². The van der Waals surface area contributed by atoms with Gasteiger partial charge in [-0.3, -0.25) is 4.79 Å². The van der Waals surface area contributed by atoms with Crippen molar-refractivity contribution in [2.75, 3.05) is 13.2 Å². The second-order valence-corrected chi connectivity index (χ2v) is 6.04. The first kappa shape index (κ1) is 15.6. The van der Waals surface area contributed by atoms with Crippen molar-refractivity contribution in [2.45, 2.75) is 32.2 Å². The van der Waals surface area contributed by atoms with Gasteiger partial charge >= 0.3 is 5.97 Å². The van der Waals surface area contributed by atoms with Gasteiger partial charge in [0.1, 0.15) is 11.1 Å². The number of benzene rings is 1. The molecular weight excluding hydrogens is 298 g/mol. The van der Waals surface area contributed by atoms with Crippen LogP contribution in [0.3, 0.4) is 0 Å². The normalized spacial score (nSPS) is 17.1. The Balaban J connectivity index is 1.89. The Bertz CT molecular complexity index is 732. The minimum atomic E-state index is -1.29. The zero-order valence-corrected chi connectivity index (χ0v) is 13.1. The fourth-order valence-corrected chi connectivity index (χ4v) is 2.81. The van der Waals surface area contributed by atoms with Gasteiger partial charge in [-0.15, -0.1) is 0 Å². The second-order valence-electron chi connectivity index (χ2n) is 6.04. The van der Waals surface area contributed by atoms with Crippen LogP contribution in [0.1, 0.15) is 34.5 Å². The Morgan fingerprint density at radius 3 is 2.43 bits per heavy atom. The van der Waals surface area contributed by atoms with Crippen LogP contribution in [0.4, 0.5) is 0 Å². The molecule has 2 aromatic rings. The molecule has 122 valence electrons. The van der Waals surface area contributed by atoms with E-state index in [-0.39, 0.29) is 18.6 Å². The molecule has 6 nitrogen and oxygen atoms in total. The van der Waals surface area contributed by atoms with Gasteiger partial charge in [-0.25, -0.2) is 4.79 Å². The number of hydrogen-bond acceptors (Lipinski definition) is 4. The molecule has 1 aromatic heterocycles. The van der Waals surface area contributed by atoms with Gasteiger partial charge in [0.25, 0.3) is 5.91 Å². The van der Waals surface area contributed by atoms with Gasteiger partial charge in [0, 0.05) is 31.4 Å². The SMILES string of the molecule is Cc1cc2cc(C(=O)NC3(C(=O)O)CCOCC3)oc2cc1C. The van der Waals surface area contributed by atoms with Gasteiger partial charge in [-0.1, -0.05) is 0 Å². The van der Waals surface area contributed by atoms with Crippen molar-refractivity contribution in [3.8, 4) is 0 Å². The second kappa shape index (κ2) is 5.70. The van der Waals surface area contributed by atoms with Crippen LogP contribution in [0.15, 0.2) is 22.6 Å². The van der Waals surface area contributed by atoms with E-state index in [1.54, 1.807) is 6.07 Å². The van der Waals surface area contributed by atoms with Crippen molar-refractivity contribution in [2.24, 2.45) is 0 Å². The summed E-state index contributed by atoms with van der Waals surface area (Å²) in [6, 6.07) is 5.47. The highest BCUT2D eigenvalue weighted by Gasteiger charge is 2.42. The maximum atomic E-state index is 12.5. The number of carbonyl (C=O) groups excluding carboxylic acids is 1. The van der Waals surface area contributed by atoms with E-state index in [1.807, 2.05) is 26.0 Å². The first-order chi connectivity index (χ1) is 10.9. The number of aryl methyl sites for hydroxylation is 2. The maximum Gasteiger partial charge on any atom is 0.329 e. The molecular formula is C17H19NO5. The number of furan rings is 1. The van der Waals surface area contributed by atoms with E-state index in [4.69, 9.17) is 9.15 Å². The number of carboxylic acid groups (broad SMARTS) is 1. The Morgan fingerprint density at radius 2 is 1.78 bits per heavy atom. The molecule has 2 N–H and O–H groups in total. The number of carbonyl (C=O) groups is 2. The molecule has 23 heavy (non-hydrogen) atoms. The summed E-state index contributed by atoms with van der Waals surface area (Å²) < 4.78 is 10.8. The average molecular weight is 317 g/mol. The van der Waals surface area contributed by atoms with E-state index in [2.05, 4.69) is 5.32 Å². The van der Waals surface area contributed by atoms with E-state index in [0.29, 0.717) is 18.8 Å². The molecule has 2 heterocycles. The lowest BCUT2D eigenvalue weighted by Gasteiger charge is -2.33. The van der Waals surface area contributed by atoms with Crippen molar-refractivity contribution in [1.29, 1.82) is 0 Å². The number of amides is 1. The van der Waals surface area contributed by atoms with E-state index in [0.717, 1.165) is 16.5 Å². The van der Waals surface area contributed by atoms with Crippen LogP contribution >= 0.6 is 0 Å². The first-order valence-corrected chi connectivity index (χ1v) is 7.56. The first-order valence-electron chi connectivity index (χ1n) is 7.56.